The van der Waals surface area contributed by atoms with Gasteiger partial charge in [0, 0.05) is 56.4 Å². The monoisotopic (exact) mass is 488 g/mol. The molecule has 132 valence electrons. The number of halogens is 2. The number of hydrogen-bond acceptors (Lipinski definition) is 4. The van der Waals surface area contributed by atoms with Gasteiger partial charge in [-0.3, -0.25) is 9.89 Å². The third-order valence-corrected chi connectivity index (χ3v) is 6.03. The lowest BCUT2D eigenvalue weighted by Gasteiger charge is -2.36. The summed E-state index contributed by atoms with van der Waals surface area (Å²) >= 11 is 9.55. The van der Waals surface area contributed by atoms with Crippen molar-refractivity contribution in [3.63, 3.8) is 0 Å². The maximum Gasteiger partial charge on any atom is 0.193 e. The van der Waals surface area contributed by atoms with E-state index in [9.17, 15) is 0 Å². The maximum atomic E-state index is 6.00. The molecule has 0 bridgehead atoms. The van der Waals surface area contributed by atoms with Crippen LogP contribution in [0.4, 0.5) is 0 Å². The van der Waals surface area contributed by atoms with Gasteiger partial charge in [-0.25, -0.2) is 0 Å². The van der Waals surface area contributed by atoms with Crippen molar-refractivity contribution in [3.05, 3.63) is 21.3 Å². The van der Waals surface area contributed by atoms with Crippen LogP contribution in [0.5, 0.6) is 0 Å². The number of thioether (sulfide) groups is 1. The number of piperazine rings is 1. The van der Waals surface area contributed by atoms with Crippen molar-refractivity contribution in [1.29, 1.82) is 0 Å². The van der Waals surface area contributed by atoms with E-state index in [-0.39, 0.29) is 24.0 Å². The van der Waals surface area contributed by atoms with Crippen molar-refractivity contribution in [3.8, 4) is 0 Å². The number of guanidine groups is 1. The molecule has 2 rings (SSSR count). The highest BCUT2D eigenvalue weighted by Gasteiger charge is 2.20. The summed E-state index contributed by atoms with van der Waals surface area (Å²) in [4.78, 5) is 10.6. The van der Waals surface area contributed by atoms with E-state index in [0.717, 1.165) is 49.6 Å². The molecule has 0 aromatic carbocycles. The summed E-state index contributed by atoms with van der Waals surface area (Å²) in [5.74, 6) is 1.03. The van der Waals surface area contributed by atoms with E-state index < -0.39 is 0 Å². The van der Waals surface area contributed by atoms with Crippen LogP contribution < -0.4 is 5.32 Å². The quantitative estimate of drug-likeness (QED) is 0.391. The summed E-state index contributed by atoms with van der Waals surface area (Å²) < 4.78 is 0.876. The highest BCUT2D eigenvalue weighted by Crippen LogP contribution is 2.23. The van der Waals surface area contributed by atoms with Crippen LogP contribution in [-0.2, 0) is 6.54 Å². The van der Waals surface area contributed by atoms with Crippen LogP contribution in [0.25, 0.3) is 0 Å². The maximum absolute atomic E-state index is 6.00. The lowest BCUT2D eigenvalue weighted by molar-refractivity contribution is 0.174. The van der Waals surface area contributed by atoms with Crippen LogP contribution in [0, 0.1) is 0 Å². The summed E-state index contributed by atoms with van der Waals surface area (Å²) in [5, 5.41) is 4.08. The van der Waals surface area contributed by atoms with Crippen molar-refractivity contribution < 1.29 is 0 Å². The molecule has 0 spiro atoms. The summed E-state index contributed by atoms with van der Waals surface area (Å²) in [5.41, 5.74) is 0. The van der Waals surface area contributed by atoms with Crippen molar-refractivity contribution in [1.82, 2.24) is 15.1 Å². The van der Waals surface area contributed by atoms with Gasteiger partial charge in [-0.2, -0.15) is 11.8 Å². The third kappa shape index (κ3) is 6.97. The molecule has 1 atom stereocenters. The average Bonchev–Trinajstić information content (AvgIpc) is 2.94. The van der Waals surface area contributed by atoms with Crippen molar-refractivity contribution in [2.45, 2.75) is 18.7 Å². The summed E-state index contributed by atoms with van der Waals surface area (Å²) in [6.07, 6.45) is 2.14. The zero-order valence-electron chi connectivity index (χ0n) is 13.9. The van der Waals surface area contributed by atoms with Crippen LogP contribution in [0.3, 0.4) is 0 Å². The molecule has 0 saturated carbocycles. The Hall–Kier alpha value is 0.300. The molecule has 1 N–H and O–H groups in total. The molecule has 1 aliphatic rings. The van der Waals surface area contributed by atoms with E-state index in [0.29, 0.717) is 5.25 Å². The number of nitrogens with one attached hydrogen (secondary N) is 1. The largest absolute Gasteiger partial charge is 0.355 e. The normalized spacial score (nSPS) is 17.7. The van der Waals surface area contributed by atoms with Gasteiger partial charge in [-0.15, -0.1) is 35.3 Å². The van der Waals surface area contributed by atoms with Crippen molar-refractivity contribution >= 4 is 64.6 Å². The SMILES string of the molecule is CN=C(NCC(C)SC)N1CCN(Cc2ccc(Cl)s2)CC1.I. The minimum Gasteiger partial charge on any atom is -0.355 e. The van der Waals surface area contributed by atoms with Gasteiger partial charge in [-0.1, -0.05) is 18.5 Å². The highest BCUT2D eigenvalue weighted by atomic mass is 127. The van der Waals surface area contributed by atoms with Gasteiger partial charge in [-0.05, 0) is 18.4 Å². The van der Waals surface area contributed by atoms with Crippen LogP contribution in [0.15, 0.2) is 17.1 Å². The van der Waals surface area contributed by atoms with Gasteiger partial charge < -0.3 is 10.2 Å². The minimum absolute atomic E-state index is 0. The first kappa shape index (κ1) is 21.3. The molecular formula is C15H26ClIN4S2. The minimum atomic E-state index is 0. The molecule has 1 unspecified atom stereocenters. The van der Waals surface area contributed by atoms with E-state index in [2.05, 4.69) is 39.4 Å². The summed E-state index contributed by atoms with van der Waals surface area (Å²) in [6, 6.07) is 4.11. The van der Waals surface area contributed by atoms with Gasteiger partial charge >= 0.3 is 0 Å². The fourth-order valence-corrected chi connectivity index (χ4v) is 3.81. The summed E-state index contributed by atoms with van der Waals surface area (Å²) in [6.45, 7) is 8.36. The fourth-order valence-electron chi connectivity index (χ4n) is 2.43. The van der Waals surface area contributed by atoms with Crippen molar-refractivity contribution in [2.75, 3.05) is 46.0 Å². The van der Waals surface area contributed by atoms with E-state index >= 15 is 0 Å². The van der Waals surface area contributed by atoms with Crippen molar-refractivity contribution in [2.24, 2.45) is 4.99 Å². The molecule has 1 fully saturated rings. The van der Waals surface area contributed by atoms with E-state index in [1.807, 2.05) is 24.9 Å². The van der Waals surface area contributed by atoms with Crippen LogP contribution in [0.1, 0.15) is 11.8 Å². The first-order valence-corrected chi connectivity index (χ1v) is 10.1. The number of rotatable bonds is 5. The zero-order chi connectivity index (χ0) is 15.9. The van der Waals surface area contributed by atoms with Gasteiger partial charge in [0.25, 0.3) is 0 Å². The highest BCUT2D eigenvalue weighted by molar-refractivity contribution is 14.0. The predicted molar refractivity (Wildman–Crippen MR) is 116 cm³/mol. The molecule has 1 aromatic heterocycles. The molecule has 23 heavy (non-hydrogen) atoms. The Kier molecular flexibility index (Phi) is 10.2. The smallest absolute Gasteiger partial charge is 0.193 e. The second-order valence-corrected chi connectivity index (χ2v) is 8.52. The second kappa shape index (κ2) is 11.0. The number of aliphatic imine (C=N–C) groups is 1. The molecule has 2 heterocycles. The van der Waals surface area contributed by atoms with Crippen LogP contribution in [-0.4, -0.2) is 67.0 Å². The Balaban J connectivity index is 0.00000264. The molecule has 8 heteroatoms. The average molecular weight is 489 g/mol. The summed E-state index contributed by atoms with van der Waals surface area (Å²) in [7, 11) is 1.87. The topological polar surface area (TPSA) is 30.9 Å². The number of hydrogen-bond donors (Lipinski definition) is 1. The molecule has 0 aliphatic carbocycles. The van der Waals surface area contributed by atoms with Gasteiger partial charge in [0.05, 0.1) is 4.34 Å². The Labute approximate surface area is 170 Å². The Morgan fingerprint density at radius 3 is 2.61 bits per heavy atom. The van der Waals surface area contributed by atoms with E-state index in [1.165, 1.54) is 4.88 Å². The third-order valence-electron chi connectivity index (χ3n) is 3.84. The fraction of sp³-hybridized carbons (Fsp3) is 0.667. The lowest BCUT2D eigenvalue weighted by atomic mass is 10.3. The van der Waals surface area contributed by atoms with Gasteiger partial charge in [0.15, 0.2) is 5.96 Å². The Morgan fingerprint density at radius 2 is 2.09 bits per heavy atom. The second-order valence-electron chi connectivity index (χ2n) is 5.44. The molecule has 0 radical (unpaired) electrons. The number of thiophene rings is 1. The van der Waals surface area contributed by atoms with Crippen LogP contribution >= 0.6 is 58.7 Å². The van der Waals surface area contributed by atoms with Gasteiger partial charge in [0.1, 0.15) is 0 Å². The van der Waals surface area contributed by atoms with E-state index in [4.69, 9.17) is 11.6 Å². The Bertz CT molecular complexity index is 490. The molecule has 4 nitrogen and oxygen atoms in total. The predicted octanol–water partition coefficient (Wildman–Crippen LogP) is 3.46. The first-order chi connectivity index (χ1) is 10.6. The molecule has 0 amide bonds. The molecule has 1 saturated heterocycles. The lowest BCUT2D eigenvalue weighted by Crippen LogP contribution is -2.52. The number of nitrogens with zero attached hydrogens (tertiary/aromatic N) is 3. The molecular weight excluding hydrogens is 463 g/mol. The Morgan fingerprint density at radius 1 is 1.39 bits per heavy atom. The van der Waals surface area contributed by atoms with Gasteiger partial charge in [0.2, 0.25) is 0 Å². The zero-order valence-corrected chi connectivity index (χ0v) is 18.6. The first-order valence-electron chi connectivity index (χ1n) is 7.57. The standard InChI is InChI=1S/C15H25ClN4S2.HI/c1-12(21-3)10-18-15(17-2)20-8-6-19(7-9-20)11-13-4-5-14(16)22-13;/h4-5,12H,6-11H2,1-3H3,(H,17,18);1H. The van der Waals surface area contributed by atoms with E-state index in [1.54, 1.807) is 11.3 Å². The molecule has 1 aromatic rings. The molecule has 1 aliphatic heterocycles. The van der Waals surface area contributed by atoms with Crippen LogP contribution in [0.2, 0.25) is 4.34 Å².